The van der Waals surface area contributed by atoms with E-state index < -0.39 is 29.4 Å². The summed E-state index contributed by atoms with van der Waals surface area (Å²) in [6.45, 7) is -0.218. The van der Waals surface area contributed by atoms with Crippen LogP contribution in [0.2, 0.25) is 0 Å². The molecule has 1 aromatic carbocycles. The maximum absolute atomic E-state index is 15.2. The molecular weight excluding hydrogens is 385 g/mol. The number of amides is 1. The highest BCUT2D eigenvalue weighted by atomic mass is 19.1. The van der Waals surface area contributed by atoms with Crippen molar-refractivity contribution >= 4 is 17.4 Å². The Morgan fingerprint density at radius 2 is 2.07 bits per heavy atom. The van der Waals surface area contributed by atoms with Gasteiger partial charge in [-0.3, -0.25) is 4.79 Å². The molecule has 1 saturated heterocycles. The molecule has 29 heavy (non-hydrogen) atoms. The third kappa shape index (κ3) is 3.04. The van der Waals surface area contributed by atoms with Crippen LogP contribution in [0.4, 0.5) is 18.9 Å². The summed E-state index contributed by atoms with van der Waals surface area (Å²) in [7, 11) is 0. The topological polar surface area (TPSA) is 107 Å². The van der Waals surface area contributed by atoms with Gasteiger partial charge in [0, 0.05) is 19.2 Å². The first-order valence-corrected chi connectivity index (χ1v) is 8.76. The summed E-state index contributed by atoms with van der Waals surface area (Å²) in [5.74, 6) is -2.28. The van der Waals surface area contributed by atoms with Gasteiger partial charge >= 0.3 is 0 Å². The molecule has 2 aliphatic heterocycles. The zero-order valence-corrected chi connectivity index (χ0v) is 15.0. The van der Waals surface area contributed by atoms with E-state index in [4.69, 9.17) is 11.0 Å². The Hall–Kier alpha value is -3.61. The van der Waals surface area contributed by atoms with Crippen molar-refractivity contribution in [3.63, 3.8) is 0 Å². The number of fused-ring (bicyclic) bond motifs is 1. The summed E-state index contributed by atoms with van der Waals surface area (Å²) in [5, 5.41) is 11.5. The van der Waals surface area contributed by atoms with E-state index in [9.17, 15) is 13.6 Å². The maximum atomic E-state index is 15.2. The van der Waals surface area contributed by atoms with Crippen LogP contribution in [-0.2, 0) is 0 Å². The Bertz CT molecular complexity index is 1060. The predicted octanol–water partition coefficient (Wildman–Crippen LogP) is 1.94. The third-order valence-corrected chi connectivity index (χ3v) is 5.10. The van der Waals surface area contributed by atoms with Crippen LogP contribution < -0.4 is 11.1 Å². The van der Waals surface area contributed by atoms with Crippen LogP contribution in [0.15, 0.2) is 35.5 Å². The number of alkyl halides is 1. The molecule has 10 heteroatoms. The molecule has 1 aromatic heterocycles. The highest BCUT2D eigenvalue weighted by Crippen LogP contribution is 2.38. The van der Waals surface area contributed by atoms with Gasteiger partial charge in [-0.05, 0) is 24.3 Å². The zero-order chi connectivity index (χ0) is 20.8. The minimum absolute atomic E-state index is 0.000290. The lowest BCUT2D eigenvalue weighted by Crippen LogP contribution is -2.60. The molecule has 2 aromatic rings. The van der Waals surface area contributed by atoms with E-state index in [1.807, 2.05) is 6.07 Å². The smallest absolute Gasteiger partial charge is 0.255 e. The molecule has 0 unspecified atom stereocenters. The largest absolute Gasteiger partial charge is 0.383 e. The zero-order valence-electron chi connectivity index (χ0n) is 15.0. The van der Waals surface area contributed by atoms with E-state index in [1.165, 1.54) is 23.2 Å². The third-order valence-electron chi connectivity index (χ3n) is 5.10. The normalized spacial score (nSPS) is 23.0. The first-order chi connectivity index (χ1) is 13.8. The monoisotopic (exact) mass is 400 g/mol. The number of nitrogens with zero attached hydrogens (tertiary/aromatic N) is 4. The number of carbonyl (C=O) groups is 1. The molecule has 3 heterocycles. The van der Waals surface area contributed by atoms with Crippen molar-refractivity contribution in [2.75, 3.05) is 18.4 Å². The van der Waals surface area contributed by atoms with E-state index in [-0.39, 0.29) is 47.9 Å². The van der Waals surface area contributed by atoms with Crippen molar-refractivity contribution in [1.29, 1.82) is 5.26 Å². The Kier molecular flexibility index (Phi) is 4.38. The number of aliphatic imine (C=N–C) groups is 1. The molecule has 1 spiro atoms. The predicted molar refractivity (Wildman–Crippen MR) is 97.8 cm³/mol. The highest BCUT2D eigenvalue weighted by Gasteiger charge is 2.48. The summed E-state index contributed by atoms with van der Waals surface area (Å²) < 4.78 is 43.4. The first kappa shape index (κ1) is 18.7. The Morgan fingerprint density at radius 1 is 1.31 bits per heavy atom. The number of likely N-dealkylation sites (tertiary alicyclic amines) is 1. The molecule has 1 amide bonds. The Labute approximate surface area is 163 Å². The number of anilines is 1. The van der Waals surface area contributed by atoms with Crippen molar-refractivity contribution in [2.24, 2.45) is 10.7 Å². The van der Waals surface area contributed by atoms with Crippen LogP contribution in [0, 0.1) is 23.0 Å². The van der Waals surface area contributed by atoms with Gasteiger partial charge in [-0.15, -0.1) is 0 Å². The van der Waals surface area contributed by atoms with Crippen LogP contribution in [0.25, 0.3) is 0 Å². The fourth-order valence-electron chi connectivity index (χ4n) is 3.56. The Balaban J connectivity index is 1.58. The molecule has 0 aliphatic carbocycles. The molecular formula is C19H15F3N6O. The SMILES string of the molecule is N#Cc1ccc(C(=O)N2CC[C@]3(N=C(N)c4c(F)ccc(F)c4N3)[C@@H](F)C2)cn1. The van der Waals surface area contributed by atoms with Crippen LogP contribution in [0.1, 0.15) is 28.0 Å². The molecule has 3 N–H and O–H groups in total. The minimum atomic E-state index is -1.72. The van der Waals surface area contributed by atoms with Crippen LogP contribution in [-0.4, -0.2) is 46.6 Å². The summed E-state index contributed by atoms with van der Waals surface area (Å²) >= 11 is 0. The number of nitrogens with two attached hydrogens (primary N) is 1. The van der Waals surface area contributed by atoms with Gasteiger partial charge < -0.3 is 16.0 Å². The van der Waals surface area contributed by atoms with Crippen LogP contribution >= 0.6 is 0 Å². The van der Waals surface area contributed by atoms with Crippen molar-refractivity contribution in [1.82, 2.24) is 9.88 Å². The molecule has 4 rings (SSSR count). The second-order valence-corrected chi connectivity index (χ2v) is 6.84. The van der Waals surface area contributed by atoms with E-state index in [0.717, 1.165) is 12.1 Å². The number of aromatic nitrogens is 1. The number of benzene rings is 1. The van der Waals surface area contributed by atoms with Crippen molar-refractivity contribution in [3.8, 4) is 6.07 Å². The van der Waals surface area contributed by atoms with Crippen LogP contribution in [0.5, 0.6) is 0 Å². The summed E-state index contributed by atoms with van der Waals surface area (Å²) in [4.78, 5) is 21.8. The first-order valence-electron chi connectivity index (χ1n) is 8.76. The lowest BCUT2D eigenvalue weighted by atomic mass is 9.91. The van der Waals surface area contributed by atoms with Gasteiger partial charge in [0.25, 0.3) is 5.91 Å². The number of amidine groups is 1. The number of hydrogen-bond donors (Lipinski definition) is 2. The number of nitrogens with one attached hydrogen (secondary N) is 1. The number of halogens is 3. The van der Waals surface area contributed by atoms with E-state index in [1.54, 1.807) is 0 Å². The maximum Gasteiger partial charge on any atom is 0.255 e. The molecule has 0 bridgehead atoms. The van der Waals surface area contributed by atoms with Gasteiger partial charge in [0.1, 0.15) is 29.2 Å². The number of carbonyl (C=O) groups excluding carboxylic acids is 1. The minimum Gasteiger partial charge on any atom is -0.383 e. The fourth-order valence-corrected chi connectivity index (χ4v) is 3.56. The van der Waals surface area contributed by atoms with Gasteiger partial charge in [-0.25, -0.2) is 23.1 Å². The van der Waals surface area contributed by atoms with Crippen molar-refractivity contribution < 1.29 is 18.0 Å². The molecule has 148 valence electrons. The number of hydrogen-bond acceptors (Lipinski definition) is 6. The van der Waals surface area contributed by atoms with Gasteiger partial charge in [0.2, 0.25) is 0 Å². The summed E-state index contributed by atoms with van der Waals surface area (Å²) in [6, 6.07) is 6.54. The lowest BCUT2D eigenvalue weighted by Gasteiger charge is -2.44. The van der Waals surface area contributed by atoms with Gasteiger partial charge in [0.15, 0.2) is 11.8 Å². The molecule has 0 radical (unpaired) electrons. The van der Waals surface area contributed by atoms with E-state index >= 15 is 4.39 Å². The van der Waals surface area contributed by atoms with Crippen LogP contribution in [0.3, 0.4) is 0 Å². The highest BCUT2D eigenvalue weighted by molar-refractivity contribution is 6.04. The van der Waals surface area contributed by atoms with E-state index in [0.29, 0.717) is 0 Å². The Morgan fingerprint density at radius 3 is 2.72 bits per heavy atom. The van der Waals surface area contributed by atoms with Crippen molar-refractivity contribution in [2.45, 2.75) is 18.3 Å². The average molecular weight is 400 g/mol. The number of piperidine rings is 1. The van der Waals surface area contributed by atoms with Gasteiger partial charge in [-0.1, -0.05) is 0 Å². The summed E-state index contributed by atoms with van der Waals surface area (Å²) in [5.41, 5.74) is 4.13. The van der Waals surface area contributed by atoms with Gasteiger partial charge in [-0.2, -0.15) is 5.26 Å². The second-order valence-electron chi connectivity index (χ2n) is 6.84. The summed E-state index contributed by atoms with van der Waals surface area (Å²) in [6.07, 6.45) is -0.470. The standard InChI is InChI=1S/C19H15F3N6O/c20-12-3-4-13(21)16-15(12)17(24)27-19(26-16)5-6-28(9-14(19)22)18(29)10-1-2-11(7-23)25-8-10/h1-4,8,14,26H,5-6,9H2,(H2,24,27)/t14-,19-/m0/s1. The molecule has 1 fully saturated rings. The molecule has 2 aliphatic rings. The molecule has 2 atom stereocenters. The number of rotatable bonds is 1. The quantitative estimate of drug-likeness (QED) is 0.761. The number of nitriles is 1. The molecule has 0 saturated carbocycles. The number of pyridine rings is 1. The second kappa shape index (κ2) is 6.77. The van der Waals surface area contributed by atoms with E-state index in [2.05, 4.69) is 15.3 Å². The molecule has 7 nitrogen and oxygen atoms in total. The van der Waals surface area contributed by atoms with Crippen molar-refractivity contribution in [3.05, 3.63) is 58.9 Å². The lowest BCUT2D eigenvalue weighted by molar-refractivity contribution is 0.0493. The van der Waals surface area contributed by atoms with Gasteiger partial charge in [0.05, 0.1) is 23.4 Å². The fraction of sp³-hybridized carbons (Fsp3) is 0.263. The average Bonchev–Trinajstić information content (AvgIpc) is 2.72.